The Hall–Kier alpha value is -3.57. The molecule has 0 heterocycles. The van der Waals surface area contributed by atoms with Crippen LogP contribution in [0, 0.1) is 5.92 Å². The van der Waals surface area contributed by atoms with Crippen LogP contribution in [0.4, 0.5) is 0 Å². The van der Waals surface area contributed by atoms with Gasteiger partial charge in [-0.15, -0.1) is 0 Å². The quantitative estimate of drug-likeness (QED) is 0.177. The van der Waals surface area contributed by atoms with Gasteiger partial charge in [0.25, 0.3) is 0 Å². The highest BCUT2D eigenvalue weighted by Gasteiger charge is 2.30. The molecule has 0 saturated carbocycles. The predicted molar refractivity (Wildman–Crippen MR) is 156 cm³/mol. The summed E-state index contributed by atoms with van der Waals surface area (Å²) in [6.45, 7) is 3.78. The predicted octanol–water partition coefficient (Wildman–Crippen LogP) is 1.84. The highest BCUT2D eigenvalue weighted by atomic mass is 32.2. The van der Waals surface area contributed by atoms with Gasteiger partial charge in [0.05, 0.1) is 6.04 Å². The SMILES string of the molecule is CSCCC(NC(=O)C(N)Cc1ccc(O)cc1)C(=O)NC(CC(C)C)C(=O)NC(Cc1ccccc1)C(=O)O. The molecule has 0 fully saturated rings. The van der Waals surface area contributed by atoms with E-state index in [0.29, 0.717) is 12.2 Å². The normalized spacial score (nSPS) is 14.0. The molecule has 10 nitrogen and oxygen atoms in total. The van der Waals surface area contributed by atoms with E-state index in [4.69, 9.17) is 5.73 Å². The Morgan fingerprint density at radius 2 is 1.35 bits per heavy atom. The van der Waals surface area contributed by atoms with Crippen LogP contribution in [0.3, 0.4) is 0 Å². The second kappa shape index (κ2) is 16.5. The number of amides is 3. The molecule has 4 atom stereocenters. The fourth-order valence-corrected chi connectivity index (χ4v) is 4.53. The molecular weight excluding hydrogens is 532 g/mol. The number of carboxylic acids is 1. The molecule has 0 radical (unpaired) electrons. The Morgan fingerprint density at radius 3 is 1.93 bits per heavy atom. The fraction of sp³-hybridized carbons (Fsp3) is 0.448. The van der Waals surface area contributed by atoms with Gasteiger partial charge < -0.3 is 31.9 Å². The standard InChI is InChI=1S/C29H40N4O6S/c1-18(2)15-24(28(37)33-25(29(38)39)17-19-7-5-4-6-8-19)32-27(36)23(13-14-40-3)31-26(35)22(30)16-20-9-11-21(34)12-10-20/h4-12,18,22-25,34H,13-17,30H2,1-3H3,(H,31,35)(H,32,36)(H,33,37)(H,38,39). The molecular formula is C29H40N4O6S. The van der Waals surface area contributed by atoms with Crippen LogP contribution >= 0.6 is 11.8 Å². The van der Waals surface area contributed by atoms with Crippen molar-refractivity contribution in [3.63, 3.8) is 0 Å². The first-order chi connectivity index (χ1) is 19.0. The van der Waals surface area contributed by atoms with Crippen molar-refractivity contribution < 1.29 is 29.4 Å². The molecule has 0 aromatic heterocycles. The molecule has 40 heavy (non-hydrogen) atoms. The average molecular weight is 573 g/mol. The van der Waals surface area contributed by atoms with Crippen molar-refractivity contribution in [3.8, 4) is 5.75 Å². The van der Waals surface area contributed by atoms with Gasteiger partial charge in [-0.3, -0.25) is 14.4 Å². The van der Waals surface area contributed by atoms with Crippen LogP contribution < -0.4 is 21.7 Å². The summed E-state index contributed by atoms with van der Waals surface area (Å²) in [4.78, 5) is 51.3. The van der Waals surface area contributed by atoms with Crippen molar-refractivity contribution in [3.05, 3.63) is 65.7 Å². The van der Waals surface area contributed by atoms with E-state index in [1.165, 1.54) is 23.9 Å². The highest BCUT2D eigenvalue weighted by molar-refractivity contribution is 7.98. The summed E-state index contributed by atoms with van der Waals surface area (Å²) in [5.74, 6) is -2.16. The van der Waals surface area contributed by atoms with Gasteiger partial charge in [-0.1, -0.05) is 56.3 Å². The number of aromatic hydroxyl groups is 1. The zero-order valence-electron chi connectivity index (χ0n) is 23.1. The van der Waals surface area contributed by atoms with Crippen LogP contribution in [0.15, 0.2) is 54.6 Å². The monoisotopic (exact) mass is 572 g/mol. The number of nitrogens with one attached hydrogen (secondary N) is 3. The lowest BCUT2D eigenvalue weighted by atomic mass is 10.0. The smallest absolute Gasteiger partial charge is 0.326 e. The number of thioether (sulfide) groups is 1. The zero-order chi connectivity index (χ0) is 29.7. The van der Waals surface area contributed by atoms with Crippen molar-refractivity contribution in [2.45, 2.75) is 63.7 Å². The molecule has 2 rings (SSSR count). The number of hydrogen-bond acceptors (Lipinski definition) is 7. The molecule has 0 bridgehead atoms. The number of phenols is 1. The highest BCUT2D eigenvalue weighted by Crippen LogP contribution is 2.12. The number of aliphatic carboxylic acids is 1. The summed E-state index contributed by atoms with van der Waals surface area (Å²) in [7, 11) is 0. The Morgan fingerprint density at radius 1 is 0.800 bits per heavy atom. The number of benzene rings is 2. The first-order valence-corrected chi connectivity index (χ1v) is 14.6. The molecule has 3 amide bonds. The second-order valence-electron chi connectivity index (χ2n) is 10.1. The molecule has 0 aliphatic rings. The van der Waals surface area contributed by atoms with Gasteiger partial charge in [-0.2, -0.15) is 11.8 Å². The third-order valence-electron chi connectivity index (χ3n) is 6.21. The van der Waals surface area contributed by atoms with Gasteiger partial charge in [0, 0.05) is 6.42 Å². The van der Waals surface area contributed by atoms with Crippen LogP contribution in [-0.2, 0) is 32.0 Å². The van der Waals surface area contributed by atoms with Crippen LogP contribution in [0.5, 0.6) is 5.75 Å². The molecule has 218 valence electrons. The van der Waals surface area contributed by atoms with Crippen molar-refractivity contribution in [2.24, 2.45) is 11.7 Å². The Balaban J connectivity index is 2.11. The topological polar surface area (TPSA) is 171 Å². The van der Waals surface area contributed by atoms with E-state index in [0.717, 1.165) is 11.1 Å². The number of carbonyl (C=O) groups excluding carboxylic acids is 3. The van der Waals surface area contributed by atoms with Crippen LogP contribution in [-0.4, -0.2) is 70.1 Å². The van der Waals surface area contributed by atoms with E-state index in [2.05, 4.69) is 16.0 Å². The lowest BCUT2D eigenvalue weighted by Crippen LogP contribution is -2.57. The molecule has 11 heteroatoms. The largest absolute Gasteiger partial charge is 0.508 e. The third kappa shape index (κ3) is 11.3. The van der Waals surface area contributed by atoms with E-state index < -0.39 is 47.9 Å². The zero-order valence-corrected chi connectivity index (χ0v) is 23.9. The van der Waals surface area contributed by atoms with E-state index in [1.807, 2.05) is 26.2 Å². The van der Waals surface area contributed by atoms with E-state index in [-0.39, 0.29) is 30.9 Å². The molecule has 2 aromatic carbocycles. The van der Waals surface area contributed by atoms with Crippen LogP contribution in [0.1, 0.15) is 37.8 Å². The minimum Gasteiger partial charge on any atom is -0.508 e. The molecule has 2 aromatic rings. The molecule has 0 spiro atoms. The third-order valence-corrected chi connectivity index (χ3v) is 6.85. The number of carboxylic acid groups (broad SMARTS) is 1. The maximum Gasteiger partial charge on any atom is 0.326 e. The van der Waals surface area contributed by atoms with Crippen molar-refractivity contribution >= 4 is 35.5 Å². The number of nitrogens with two attached hydrogens (primary N) is 1. The minimum atomic E-state index is -1.18. The van der Waals surface area contributed by atoms with Crippen molar-refractivity contribution in [1.29, 1.82) is 0 Å². The Labute approximate surface area is 239 Å². The first-order valence-electron chi connectivity index (χ1n) is 13.2. The molecule has 0 aliphatic carbocycles. The minimum absolute atomic E-state index is 0.0198. The van der Waals surface area contributed by atoms with E-state index in [1.54, 1.807) is 36.4 Å². The number of carbonyl (C=O) groups is 4. The summed E-state index contributed by atoms with van der Waals surface area (Å²) in [5, 5.41) is 27.2. The van der Waals surface area contributed by atoms with Crippen LogP contribution in [0.2, 0.25) is 0 Å². The van der Waals surface area contributed by atoms with Gasteiger partial charge in [0.15, 0.2) is 0 Å². The van der Waals surface area contributed by atoms with E-state index in [9.17, 15) is 29.4 Å². The molecule has 0 saturated heterocycles. The van der Waals surface area contributed by atoms with E-state index >= 15 is 0 Å². The van der Waals surface area contributed by atoms with Crippen LogP contribution in [0.25, 0.3) is 0 Å². The number of phenolic OH excluding ortho intramolecular Hbond substituents is 1. The van der Waals surface area contributed by atoms with Gasteiger partial charge in [-0.05, 0) is 60.4 Å². The van der Waals surface area contributed by atoms with Crippen molar-refractivity contribution in [1.82, 2.24) is 16.0 Å². The fourth-order valence-electron chi connectivity index (χ4n) is 4.06. The molecule has 0 aliphatic heterocycles. The lowest BCUT2D eigenvalue weighted by Gasteiger charge is -2.26. The number of rotatable bonds is 16. The average Bonchev–Trinajstić information content (AvgIpc) is 2.91. The second-order valence-corrected chi connectivity index (χ2v) is 11.1. The number of hydrogen-bond donors (Lipinski definition) is 6. The summed E-state index contributed by atoms with van der Waals surface area (Å²) < 4.78 is 0. The Kier molecular flexibility index (Phi) is 13.5. The van der Waals surface area contributed by atoms with Gasteiger partial charge >= 0.3 is 5.97 Å². The molecule has 4 unspecified atom stereocenters. The summed E-state index contributed by atoms with van der Waals surface area (Å²) in [6.07, 6.45) is 2.77. The Bertz CT molecular complexity index is 1110. The maximum atomic E-state index is 13.3. The summed E-state index contributed by atoms with van der Waals surface area (Å²) in [5.41, 5.74) is 7.60. The summed E-state index contributed by atoms with van der Waals surface area (Å²) >= 11 is 1.50. The first kappa shape index (κ1) is 32.6. The van der Waals surface area contributed by atoms with Crippen molar-refractivity contribution in [2.75, 3.05) is 12.0 Å². The lowest BCUT2D eigenvalue weighted by molar-refractivity contribution is -0.142. The maximum absolute atomic E-state index is 13.3. The van der Waals surface area contributed by atoms with Gasteiger partial charge in [-0.25, -0.2) is 4.79 Å². The van der Waals surface area contributed by atoms with Gasteiger partial charge in [0.2, 0.25) is 17.7 Å². The molecule has 7 N–H and O–H groups in total. The van der Waals surface area contributed by atoms with Gasteiger partial charge in [0.1, 0.15) is 23.9 Å². The summed E-state index contributed by atoms with van der Waals surface area (Å²) in [6, 6.07) is 11.2.